The second-order valence-corrected chi connectivity index (χ2v) is 5.14. The molecule has 2 rings (SSSR count). The first-order valence-corrected chi connectivity index (χ1v) is 6.67. The first kappa shape index (κ1) is 14.0. The lowest BCUT2D eigenvalue weighted by Gasteiger charge is -2.13. The van der Waals surface area contributed by atoms with Crippen LogP contribution in [0.3, 0.4) is 0 Å². The fourth-order valence-corrected chi connectivity index (χ4v) is 2.01. The second kappa shape index (κ2) is 6.14. The van der Waals surface area contributed by atoms with Gasteiger partial charge in [-0.2, -0.15) is 0 Å². The summed E-state index contributed by atoms with van der Waals surface area (Å²) in [5.74, 6) is -0.340. The van der Waals surface area contributed by atoms with Crippen molar-refractivity contribution >= 4 is 39.1 Å². The molecule has 1 amide bonds. The van der Waals surface area contributed by atoms with Crippen molar-refractivity contribution in [1.82, 2.24) is 4.98 Å². The minimum Gasteiger partial charge on any atom is -0.322 e. The fraction of sp³-hybridized carbons (Fsp3) is 0.0769. The Bertz CT molecular complexity index is 592. The summed E-state index contributed by atoms with van der Waals surface area (Å²) in [5, 5.41) is 2.88. The molecule has 19 heavy (non-hydrogen) atoms. The van der Waals surface area contributed by atoms with E-state index in [1.54, 1.807) is 24.4 Å². The van der Waals surface area contributed by atoms with Gasteiger partial charge < -0.3 is 11.1 Å². The molecule has 0 saturated heterocycles. The summed E-state index contributed by atoms with van der Waals surface area (Å²) in [4.78, 5) is 16.0. The molecule has 2 aromatic rings. The van der Waals surface area contributed by atoms with Gasteiger partial charge in [0.25, 0.3) is 0 Å². The van der Waals surface area contributed by atoms with Crippen molar-refractivity contribution in [3.63, 3.8) is 0 Å². The summed E-state index contributed by atoms with van der Waals surface area (Å²) >= 11 is 9.17. The molecule has 1 aromatic heterocycles. The molecule has 1 unspecified atom stereocenters. The van der Waals surface area contributed by atoms with Gasteiger partial charge in [-0.15, -0.1) is 0 Å². The number of amides is 1. The number of anilines is 1. The highest BCUT2D eigenvalue weighted by Gasteiger charge is 2.17. The van der Waals surface area contributed by atoms with Gasteiger partial charge in [0, 0.05) is 10.7 Å². The van der Waals surface area contributed by atoms with Crippen LogP contribution >= 0.6 is 27.5 Å². The van der Waals surface area contributed by atoms with Crippen molar-refractivity contribution in [1.29, 1.82) is 0 Å². The lowest BCUT2D eigenvalue weighted by atomic mass is 10.1. The summed E-state index contributed by atoms with van der Waals surface area (Å²) in [6.07, 6.45) is 1.55. The monoisotopic (exact) mass is 339 g/mol. The Balaban J connectivity index is 2.15. The maximum atomic E-state index is 12.0. The Morgan fingerprint density at radius 2 is 2.05 bits per heavy atom. The molecule has 0 aliphatic rings. The van der Waals surface area contributed by atoms with Gasteiger partial charge in [-0.05, 0) is 27.6 Å². The highest BCUT2D eigenvalue weighted by atomic mass is 79.9. The average molecular weight is 341 g/mol. The third kappa shape index (κ3) is 3.53. The molecular weight excluding hydrogens is 330 g/mol. The summed E-state index contributed by atoms with van der Waals surface area (Å²) in [6.45, 7) is 0. The molecule has 3 N–H and O–H groups in total. The van der Waals surface area contributed by atoms with E-state index in [9.17, 15) is 4.79 Å². The first-order valence-electron chi connectivity index (χ1n) is 5.50. The Labute approximate surface area is 124 Å². The Morgan fingerprint density at radius 3 is 2.74 bits per heavy atom. The zero-order valence-electron chi connectivity index (χ0n) is 9.81. The molecule has 1 atom stereocenters. The van der Waals surface area contributed by atoms with Gasteiger partial charge in [0.2, 0.25) is 5.91 Å². The van der Waals surface area contributed by atoms with Crippen molar-refractivity contribution in [3.05, 3.63) is 57.8 Å². The van der Waals surface area contributed by atoms with Crippen LogP contribution in [0.25, 0.3) is 0 Å². The van der Waals surface area contributed by atoms with E-state index in [-0.39, 0.29) is 11.1 Å². The maximum Gasteiger partial charge on any atom is 0.245 e. The summed E-state index contributed by atoms with van der Waals surface area (Å²) in [5.41, 5.74) is 7.05. The zero-order chi connectivity index (χ0) is 13.8. The SMILES string of the molecule is NC(C(=O)Nc1cc(Br)cnc1Cl)c1ccccc1. The number of nitrogens with one attached hydrogen (secondary N) is 1. The van der Waals surface area contributed by atoms with E-state index in [0.29, 0.717) is 5.69 Å². The van der Waals surface area contributed by atoms with Gasteiger partial charge in [0.15, 0.2) is 5.15 Å². The number of hydrogen-bond acceptors (Lipinski definition) is 3. The molecule has 1 aromatic carbocycles. The molecule has 0 aliphatic carbocycles. The van der Waals surface area contributed by atoms with Crippen LogP contribution in [0.2, 0.25) is 5.15 Å². The highest BCUT2D eigenvalue weighted by Crippen LogP contribution is 2.24. The number of carbonyl (C=O) groups is 1. The van der Waals surface area contributed by atoms with E-state index in [1.807, 2.05) is 18.2 Å². The van der Waals surface area contributed by atoms with Gasteiger partial charge in [-0.3, -0.25) is 4.79 Å². The normalized spacial score (nSPS) is 11.9. The smallest absolute Gasteiger partial charge is 0.245 e. The van der Waals surface area contributed by atoms with Crippen molar-refractivity contribution in [3.8, 4) is 0 Å². The van der Waals surface area contributed by atoms with E-state index in [1.165, 1.54) is 0 Å². The van der Waals surface area contributed by atoms with Crippen LogP contribution in [0.1, 0.15) is 11.6 Å². The number of nitrogens with zero attached hydrogens (tertiary/aromatic N) is 1. The van der Waals surface area contributed by atoms with Crippen LogP contribution in [0.15, 0.2) is 47.1 Å². The molecule has 0 radical (unpaired) electrons. The first-order chi connectivity index (χ1) is 9.08. The van der Waals surface area contributed by atoms with Gasteiger partial charge in [-0.25, -0.2) is 4.98 Å². The lowest BCUT2D eigenvalue weighted by Crippen LogP contribution is -2.27. The topological polar surface area (TPSA) is 68.0 Å². The van der Waals surface area contributed by atoms with Crippen LogP contribution in [-0.2, 0) is 4.79 Å². The predicted molar refractivity (Wildman–Crippen MR) is 78.9 cm³/mol. The number of pyridine rings is 1. The van der Waals surface area contributed by atoms with E-state index in [2.05, 4.69) is 26.2 Å². The number of aromatic nitrogens is 1. The van der Waals surface area contributed by atoms with E-state index in [4.69, 9.17) is 17.3 Å². The van der Waals surface area contributed by atoms with Crippen molar-refractivity contribution in [2.75, 3.05) is 5.32 Å². The number of halogens is 2. The summed E-state index contributed by atoms with van der Waals surface area (Å²) < 4.78 is 0.723. The third-order valence-electron chi connectivity index (χ3n) is 2.50. The second-order valence-electron chi connectivity index (χ2n) is 3.87. The van der Waals surface area contributed by atoms with Gasteiger partial charge in [-0.1, -0.05) is 41.9 Å². The number of rotatable bonds is 3. The molecular formula is C13H11BrClN3O. The van der Waals surface area contributed by atoms with Crippen LogP contribution in [0.4, 0.5) is 5.69 Å². The maximum absolute atomic E-state index is 12.0. The predicted octanol–water partition coefficient (Wildman–Crippen LogP) is 3.14. The largest absolute Gasteiger partial charge is 0.322 e. The molecule has 0 fully saturated rings. The van der Waals surface area contributed by atoms with Crippen LogP contribution in [0, 0.1) is 0 Å². The van der Waals surface area contributed by atoms with Crippen LogP contribution < -0.4 is 11.1 Å². The van der Waals surface area contributed by atoms with E-state index in [0.717, 1.165) is 10.0 Å². The Kier molecular flexibility index (Phi) is 4.52. The molecule has 98 valence electrons. The molecule has 6 heteroatoms. The molecule has 1 heterocycles. The zero-order valence-corrected chi connectivity index (χ0v) is 12.1. The molecule has 4 nitrogen and oxygen atoms in total. The lowest BCUT2D eigenvalue weighted by molar-refractivity contribution is -0.117. The van der Waals surface area contributed by atoms with Crippen molar-refractivity contribution in [2.24, 2.45) is 5.73 Å². The molecule has 0 bridgehead atoms. The molecule has 0 spiro atoms. The number of carbonyl (C=O) groups excluding carboxylic acids is 1. The summed E-state index contributed by atoms with van der Waals surface area (Å²) in [7, 11) is 0. The van der Waals surface area contributed by atoms with E-state index >= 15 is 0 Å². The van der Waals surface area contributed by atoms with E-state index < -0.39 is 6.04 Å². The van der Waals surface area contributed by atoms with Crippen LogP contribution in [0.5, 0.6) is 0 Å². The van der Waals surface area contributed by atoms with Crippen LogP contribution in [-0.4, -0.2) is 10.9 Å². The number of benzene rings is 1. The van der Waals surface area contributed by atoms with Crippen molar-refractivity contribution in [2.45, 2.75) is 6.04 Å². The quantitative estimate of drug-likeness (QED) is 0.844. The minimum absolute atomic E-state index is 0.219. The Morgan fingerprint density at radius 1 is 1.37 bits per heavy atom. The average Bonchev–Trinajstić information content (AvgIpc) is 2.43. The molecule has 0 saturated carbocycles. The van der Waals surface area contributed by atoms with Gasteiger partial charge >= 0.3 is 0 Å². The Hall–Kier alpha value is -1.43. The summed E-state index contributed by atoms with van der Waals surface area (Å²) in [6, 6.07) is 10.0. The molecule has 0 aliphatic heterocycles. The highest BCUT2D eigenvalue weighted by molar-refractivity contribution is 9.10. The number of nitrogens with two attached hydrogens (primary N) is 1. The fourth-order valence-electron chi connectivity index (χ4n) is 1.53. The number of hydrogen-bond donors (Lipinski definition) is 2. The van der Waals surface area contributed by atoms with Gasteiger partial charge in [0.05, 0.1) is 5.69 Å². The standard InChI is InChI=1S/C13H11BrClN3O/c14-9-6-10(12(15)17-7-9)18-13(19)11(16)8-4-2-1-3-5-8/h1-7,11H,16H2,(H,18,19). The van der Waals surface area contributed by atoms with Crippen molar-refractivity contribution < 1.29 is 4.79 Å². The minimum atomic E-state index is -0.753. The third-order valence-corrected chi connectivity index (χ3v) is 3.24. The van der Waals surface area contributed by atoms with Gasteiger partial charge in [0.1, 0.15) is 6.04 Å².